The lowest BCUT2D eigenvalue weighted by atomic mass is 10.0. The first kappa shape index (κ1) is 14.2. The maximum atomic E-state index is 10.7. The van der Waals surface area contributed by atoms with E-state index in [0.29, 0.717) is 6.61 Å². The predicted octanol–water partition coefficient (Wildman–Crippen LogP) is 2.42. The van der Waals surface area contributed by atoms with Crippen molar-refractivity contribution in [3.63, 3.8) is 0 Å². The van der Waals surface area contributed by atoms with Crippen LogP contribution in [0, 0.1) is 0 Å². The molecule has 0 aliphatic heterocycles. The fourth-order valence-electron chi connectivity index (χ4n) is 1.47. The average molecular weight is 250 g/mol. The second kappa shape index (κ2) is 6.79. The number of hydrogen-bond acceptors (Lipinski definition) is 4. The second-order valence-electron chi connectivity index (χ2n) is 4.23. The predicted molar refractivity (Wildman–Crippen MR) is 67.0 cm³/mol. The summed E-state index contributed by atoms with van der Waals surface area (Å²) in [5.74, 6) is -0.410. The van der Waals surface area contributed by atoms with Gasteiger partial charge >= 0.3 is 11.9 Å². The van der Waals surface area contributed by atoms with Gasteiger partial charge in [0, 0.05) is 19.8 Å². The minimum absolute atomic E-state index is 0.150. The Morgan fingerprint density at radius 3 is 2.11 bits per heavy atom. The minimum atomic E-state index is -0.290. The summed E-state index contributed by atoms with van der Waals surface area (Å²) in [6, 6.07) is 7.71. The SMILES string of the molecule is CC(=O)OCc1ccc([C@H](C)COC(C)=O)cc1. The third kappa shape index (κ3) is 4.99. The summed E-state index contributed by atoms with van der Waals surface area (Å²) in [6.07, 6.45) is 0. The zero-order valence-electron chi connectivity index (χ0n) is 10.9. The molecule has 98 valence electrons. The van der Waals surface area contributed by atoms with E-state index in [-0.39, 0.29) is 24.5 Å². The average Bonchev–Trinajstić information content (AvgIpc) is 2.34. The molecule has 0 fully saturated rings. The summed E-state index contributed by atoms with van der Waals surface area (Å²) in [6.45, 7) is 5.43. The molecule has 0 N–H and O–H groups in total. The molecule has 0 bridgehead atoms. The van der Waals surface area contributed by atoms with Gasteiger partial charge in [-0.25, -0.2) is 0 Å². The molecule has 4 heteroatoms. The maximum Gasteiger partial charge on any atom is 0.302 e. The molecule has 0 amide bonds. The monoisotopic (exact) mass is 250 g/mol. The van der Waals surface area contributed by atoms with Gasteiger partial charge in [0.25, 0.3) is 0 Å². The summed E-state index contributed by atoms with van der Waals surface area (Å²) in [7, 11) is 0. The number of benzene rings is 1. The molecule has 0 aliphatic rings. The van der Waals surface area contributed by atoms with Gasteiger partial charge in [0.1, 0.15) is 6.61 Å². The van der Waals surface area contributed by atoms with Crippen LogP contribution in [0.4, 0.5) is 0 Å². The van der Waals surface area contributed by atoms with Crippen LogP contribution < -0.4 is 0 Å². The molecule has 1 atom stereocenters. The normalized spacial score (nSPS) is 11.7. The van der Waals surface area contributed by atoms with Crippen molar-refractivity contribution in [2.24, 2.45) is 0 Å². The molecule has 4 nitrogen and oxygen atoms in total. The van der Waals surface area contributed by atoms with Crippen LogP contribution in [0.15, 0.2) is 24.3 Å². The zero-order valence-corrected chi connectivity index (χ0v) is 10.9. The molecule has 0 spiro atoms. The zero-order chi connectivity index (χ0) is 13.5. The highest BCUT2D eigenvalue weighted by Gasteiger charge is 2.07. The van der Waals surface area contributed by atoms with Crippen molar-refractivity contribution in [2.45, 2.75) is 33.3 Å². The van der Waals surface area contributed by atoms with E-state index in [9.17, 15) is 9.59 Å². The Bertz CT molecular complexity index is 408. The van der Waals surface area contributed by atoms with Crippen molar-refractivity contribution in [3.05, 3.63) is 35.4 Å². The van der Waals surface area contributed by atoms with Gasteiger partial charge in [-0.15, -0.1) is 0 Å². The lowest BCUT2D eigenvalue weighted by Crippen LogP contribution is -2.08. The van der Waals surface area contributed by atoms with Crippen molar-refractivity contribution >= 4 is 11.9 Å². The lowest BCUT2D eigenvalue weighted by molar-refractivity contribution is -0.142. The smallest absolute Gasteiger partial charge is 0.302 e. The molecule has 0 heterocycles. The first-order valence-corrected chi connectivity index (χ1v) is 5.84. The summed E-state index contributed by atoms with van der Waals surface area (Å²) in [4.78, 5) is 21.4. The van der Waals surface area contributed by atoms with Crippen LogP contribution >= 0.6 is 0 Å². The fraction of sp³-hybridized carbons (Fsp3) is 0.429. The summed E-state index contributed by atoms with van der Waals surface area (Å²) in [5, 5.41) is 0. The highest BCUT2D eigenvalue weighted by molar-refractivity contribution is 5.66. The van der Waals surface area contributed by atoms with Crippen LogP contribution in [-0.2, 0) is 25.7 Å². The molecule has 0 saturated heterocycles. The molecule has 1 rings (SSSR count). The van der Waals surface area contributed by atoms with Crippen LogP contribution in [0.1, 0.15) is 37.8 Å². The van der Waals surface area contributed by atoms with Gasteiger partial charge in [-0.3, -0.25) is 9.59 Å². The fourth-order valence-corrected chi connectivity index (χ4v) is 1.47. The van der Waals surface area contributed by atoms with E-state index in [1.807, 2.05) is 31.2 Å². The molecule has 0 unspecified atom stereocenters. The van der Waals surface area contributed by atoms with Crippen molar-refractivity contribution in [1.29, 1.82) is 0 Å². The number of ether oxygens (including phenoxy) is 2. The molecule has 0 aliphatic carbocycles. The van der Waals surface area contributed by atoms with Crippen LogP contribution in [0.25, 0.3) is 0 Å². The van der Waals surface area contributed by atoms with Crippen LogP contribution in [0.3, 0.4) is 0 Å². The molecular formula is C14H18O4. The molecule has 0 aromatic heterocycles. The van der Waals surface area contributed by atoms with Crippen LogP contribution in [-0.4, -0.2) is 18.5 Å². The summed E-state index contributed by atoms with van der Waals surface area (Å²) in [5.41, 5.74) is 2.02. The van der Waals surface area contributed by atoms with Crippen LogP contribution in [0.2, 0.25) is 0 Å². The van der Waals surface area contributed by atoms with Gasteiger partial charge in [-0.05, 0) is 11.1 Å². The second-order valence-corrected chi connectivity index (χ2v) is 4.23. The van der Waals surface area contributed by atoms with Gasteiger partial charge in [0.15, 0.2) is 0 Å². The highest BCUT2D eigenvalue weighted by atomic mass is 16.5. The lowest BCUT2D eigenvalue weighted by Gasteiger charge is -2.12. The maximum absolute atomic E-state index is 10.7. The largest absolute Gasteiger partial charge is 0.465 e. The number of carbonyl (C=O) groups excluding carboxylic acids is 2. The molecule has 18 heavy (non-hydrogen) atoms. The van der Waals surface area contributed by atoms with Crippen LogP contribution in [0.5, 0.6) is 0 Å². The van der Waals surface area contributed by atoms with Crippen molar-refractivity contribution in [1.82, 2.24) is 0 Å². The Balaban J connectivity index is 2.53. The van der Waals surface area contributed by atoms with E-state index in [1.165, 1.54) is 13.8 Å². The Kier molecular flexibility index (Phi) is 5.36. The molecule has 0 saturated carbocycles. The standard InChI is InChI=1S/C14H18O4/c1-10(8-17-11(2)15)14-6-4-13(5-7-14)9-18-12(3)16/h4-7,10H,8-9H2,1-3H3/t10-/m1/s1. The van der Waals surface area contributed by atoms with Gasteiger partial charge in [0.05, 0.1) is 6.61 Å². The number of rotatable bonds is 5. The van der Waals surface area contributed by atoms with Crippen molar-refractivity contribution in [2.75, 3.05) is 6.61 Å². The summed E-state index contributed by atoms with van der Waals surface area (Å²) >= 11 is 0. The first-order chi connectivity index (χ1) is 8.49. The van der Waals surface area contributed by atoms with Gasteiger partial charge in [-0.1, -0.05) is 31.2 Å². The molecule has 0 radical (unpaired) electrons. The first-order valence-electron chi connectivity index (χ1n) is 5.84. The van der Waals surface area contributed by atoms with E-state index in [0.717, 1.165) is 11.1 Å². The van der Waals surface area contributed by atoms with Crippen molar-refractivity contribution in [3.8, 4) is 0 Å². The Hall–Kier alpha value is -1.84. The van der Waals surface area contributed by atoms with Gasteiger partial charge < -0.3 is 9.47 Å². The highest BCUT2D eigenvalue weighted by Crippen LogP contribution is 2.16. The van der Waals surface area contributed by atoms with E-state index < -0.39 is 0 Å². The molecular weight excluding hydrogens is 232 g/mol. The Labute approximate surface area is 107 Å². The molecule has 1 aromatic rings. The third-order valence-corrected chi connectivity index (χ3v) is 2.53. The Morgan fingerprint density at radius 1 is 1.06 bits per heavy atom. The summed E-state index contributed by atoms with van der Waals surface area (Å²) < 4.78 is 9.86. The van der Waals surface area contributed by atoms with E-state index >= 15 is 0 Å². The minimum Gasteiger partial charge on any atom is -0.465 e. The van der Waals surface area contributed by atoms with E-state index in [4.69, 9.17) is 9.47 Å². The topological polar surface area (TPSA) is 52.6 Å². The Morgan fingerprint density at radius 2 is 1.61 bits per heavy atom. The number of esters is 2. The third-order valence-electron chi connectivity index (χ3n) is 2.53. The van der Waals surface area contributed by atoms with Gasteiger partial charge in [0.2, 0.25) is 0 Å². The number of carbonyl (C=O) groups is 2. The van der Waals surface area contributed by atoms with E-state index in [1.54, 1.807) is 0 Å². The number of hydrogen-bond donors (Lipinski definition) is 0. The quantitative estimate of drug-likeness (QED) is 0.753. The van der Waals surface area contributed by atoms with Crippen molar-refractivity contribution < 1.29 is 19.1 Å². The van der Waals surface area contributed by atoms with Gasteiger partial charge in [-0.2, -0.15) is 0 Å². The molecule has 1 aromatic carbocycles. The van der Waals surface area contributed by atoms with E-state index in [2.05, 4.69) is 0 Å².